The first-order valence-corrected chi connectivity index (χ1v) is 14.3. The number of halogens is 2. The quantitative estimate of drug-likeness (QED) is 0.216. The summed E-state index contributed by atoms with van der Waals surface area (Å²) in [4.78, 5) is 13.9. The molecule has 0 amide bonds. The number of rotatable bonds is 6. The molecule has 4 nitrogen and oxygen atoms in total. The Bertz CT molecular complexity index is 1800. The number of hydrogen-bond donors (Lipinski definition) is 0. The Morgan fingerprint density at radius 2 is 0.900 bits per heavy atom. The van der Waals surface area contributed by atoms with E-state index < -0.39 is 13.0 Å². The molecule has 0 saturated carbocycles. The van der Waals surface area contributed by atoms with Gasteiger partial charge in [0.05, 0.1) is 0 Å². The number of benzene rings is 5. The van der Waals surface area contributed by atoms with Gasteiger partial charge in [-0.1, -0.05) is 91.0 Å². The van der Waals surface area contributed by atoms with Gasteiger partial charge in [0.1, 0.15) is 11.6 Å². The number of nitrogens with zero attached hydrogens (tertiary/aromatic N) is 3. The summed E-state index contributed by atoms with van der Waals surface area (Å²) < 4.78 is 42.7. The Morgan fingerprint density at radius 1 is 0.425 bits per heavy atom. The lowest BCUT2D eigenvalue weighted by molar-refractivity contribution is 0.592. The molecule has 40 heavy (non-hydrogen) atoms. The van der Waals surface area contributed by atoms with E-state index in [1.807, 2.05) is 84.9 Å². The molecule has 0 atom stereocenters. The van der Waals surface area contributed by atoms with Crippen LogP contribution in [0.1, 0.15) is 0 Å². The second kappa shape index (κ2) is 10.8. The van der Waals surface area contributed by atoms with Crippen molar-refractivity contribution in [3.05, 3.63) is 145 Å². The molecule has 0 saturated heterocycles. The van der Waals surface area contributed by atoms with Gasteiger partial charge in [-0.3, -0.25) is 0 Å². The van der Waals surface area contributed by atoms with Crippen molar-refractivity contribution < 1.29 is 13.3 Å². The van der Waals surface area contributed by atoms with Crippen LogP contribution in [0, 0.1) is 11.6 Å². The van der Waals surface area contributed by atoms with E-state index in [-0.39, 0.29) is 11.6 Å². The summed E-state index contributed by atoms with van der Waals surface area (Å²) in [6.07, 6.45) is 0. The first-order valence-electron chi connectivity index (χ1n) is 12.6. The molecule has 1 aromatic heterocycles. The lowest BCUT2D eigenvalue weighted by Crippen LogP contribution is -2.25. The fraction of sp³-hybridized carbons (Fsp3) is 0. The average molecular weight is 546 g/mol. The Labute approximate surface area is 230 Å². The third-order valence-electron chi connectivity index (χ3n) is 6.53. The molecule has 0 aliphatic rings. The zero-order valence-electron chi connectivity index (χ0n) is 21.2. The summed E-state index contributed by atoms with van der Waals surface area (Å²) in [5.41, 5.74) is 1.67. The molecule has 0 aliphatic carbocycles. The Kier molecular flexibility index (Phi) is 6.85. The number of aromatic nitrogens is 3. The smallest absolute Gasteiger partial charge is 0.171 e. The normalized spacial score (nSPS) is 11.3. The highest BCUT2D eigenvalue weighted by Crippen LogP contribution is 2.42. The van der Waals surface area contributed by atoms with Crippen LogP contribution in [0.3, 0.4) is 0 Å². The molecular weight excluding hydrogens is 523 g/mol. The molecule has 0 unspecified atom stereocenters. The molecule has 0 spiro atoms. The first-order chi connectivity index (χ1) is 19.5. The van der Waals surface area contributed by atoms with E-state index in [0.29, 0.717) is 44.3 Å². The standard InChI is InChI=1S/C33H22F2N3OP/c34-26-19-17-23(18-20-26)31-36-32(24-9-7-11-27(35)21-24)38-33(37-31)25-10-8-16-30(22-25)40(39,28-12-3-1-4-13-28)29-14-5-2-6-15-29/h1-22H. The van der Waals surface area contributed by atoms with Crippen LogP contribution in [0.5, 0.6) is 0 Å². The van der Waals surface area contributed by atoms with Crippen LogP contribution in [-0.2, 0) is 4.57 Å². The fourth-order valence-electron chi connectivity index (χ4n) is 4.55. The van der Waals surface area contributed by atoms with Crippen molar-refractivity contribution in [1.29, 1.82) is 0 Å². The van der Waals surface area contributed by atoms with Crippen molar-refractivity contribution in [2.24, 2.45) is 0 Å². The lowest BCUT2D eigenvalue weighted by Gasteiger charge is -2.20. The maximum absolute atomic E-state index is 14.9. The van der Waals surface area contributed by atoms with Gasteiger partial charge in [0.15, 0.2) is 24.6 Å². The zero-order valence-corrected chi connectivity index (χ0v) is 22.0. The molecule has 0 radical (unpaired) electrons. The van der Waals surface area contributed by atoms with Crippen LogP contribution in [0.15, 0.2) is 133 Å². The zero-order chi connectivity index (χ0) is 27.5. The molecule has 194 valence electrons. The topological polar surface area (TPSA) is 55.7 Å². The van der Waals surface area contributed by atoms with Gasteiger partial charge in [-0.15, -0.1) is 0 Å². The van der Waals surface area contributed by atoms with Crippen molar-refractivity contribution in [2.45, 2.75) is 0 Å². The van der Waals surface area contributed by atoms with Crippen molar-refractivity contribution in [1.82, 2.24) is 15.0 Å². The van der Waals surface area contributed by atoms with Gasteiger partial charge in [0.25, 0.3) is 0 Å². The molecule has 7 heteroatoms. The van der Waals surface area contributed by atoms with Gasteiger partial charge in [-0.2, -0.15) is 0 Å². The van der Waals surface area contributed by atoms with Gasteiger partial charge in [-0.05, 0) is 42.5 Å². The van der Waals surface area contributed by atoms with Crippen molar-refractivity contribution in [3.8, 4) is 34.2 Å². The van der Waals surface area contributed by atoms with Gasteiger partial charge in [0.2, 0.25) is 0 Å². The van der Waals surface area contributed by atoms with E-state index >= 15 is 0 Å². The third-order valence-corrected chi connectivity index (χ3v) is 9.58. The van der Waals surface area contributed by atoms with Crippen molar-refractivity contribution >= 4 is 23.1 Å². The Morgan fingerprint density at radius 3 is 1.45 bits per heavy atom. The molecule has 0 fully saturated rings. The fourth-order valence-corrected chi connectivity index (χ4v) is 7.25. The summed E-state index contributed by atoms with van der Waals surface area (Å²) in [5, 5.41) is 2.04. The van der Waals surface area contributed by atoms with E-state index in [1.54, 1.807) is 24.3 Å². The third kappa shape index (κ3) is 4.97. The van der Waals surface area contributed by atoms with Gasteiger partial charge < -0.3 is 4.57 Å². The van der Waals surface area contributed by atoms with E-state index in [1.165, 1.54) is 24.3 Å². The summed E-state index contributed by atoms with van der Waals surface area (Å²) in [5.74, 6) is 0.0979. The maximum Gasteiger partial charge on any atom is 0.171 e. The lowest BCUT2D eigenvalue weighted by atomic mass is 10.1. The predicted molar refractivity (Wildman–Crippen MR) is 155 cm³/mol. The summed E-state index contributed by atoms with van der Waals surface area (Å²) in [6, 6.07) is 38.0. The van der Waals surface area contributed by atoms with Crippen LogP contribution < -0.4 is 15.9 Å². The number of hydrogen-bond acceptors (Lipinski definition) is 4. The summed E-state index contributed by atoms with van der Waals surface area (Å²) in [6.45, 7) is 0. The molecule has 6 rings (SSSR count). The minimum absolute atomic E-state index is 0.267. The summed E-state index contributed by atoms with van der Waals surface area (Å²) >= 11 is 0. The predicted octanol–water partition coefficient (Wildman–Crippen LogP) is 6.79. The Hall–Kier alpha value is -4.80. The van der Waals surface area contributed by atoms with E-state index in [4.69, 9.17) is 4.98 Å². The van der Waals surface area contributed by atoms with Crippen LogP contribution in [0.2, 0.25) is 0 Å². The first kappa shape index (κ1) is 25.5. The van der Waals surface area contributed by atoms with Crippen LogP contribution in [-0.4, -0.2) is 15.0 Å². The minimum Gasteiger partial charge on any atom is -0.309 e. The largest absolute Gasteiger partial charge is 0.309 e. The van der Waals surface area contributed by atoms with Crippen molar-refractivity contribution in [3.63, 3.8) is 0 Å². The van der Waals surface area contributed by atoms with Gasteiger partial charge >= 0.3 is 0 Å². The molecule has 0 N–H and O–H groups in total. The highest BCUT2D eigenvalue weighted by Gasteiger charge is 2.30. The second-order valence-electron chi connectivity index (χ2n) is 9.15. The molecule has 5 aromatic carbocycles. The SMILES string of the molecule is O=P(c1ccccc1)(c1ccccc1)c1cccc(-c2nc(-c3ccc(F)cc3)nc(-c3cccc(F)c3)n2)c1. The Balaban J connectivity index is 1.54. The van der Waals surface area contributed by atoms with E-state index in [2.05, 4.69) is 9.97 Å². The van der Waals surface area contributed by atoms with Gasteiger partial charge in [-0.25, -0.2) is 23.7 Å². The summed E-state index contributed by atoms with van der Waals surface area (Å²) in [7, 11) is -3.24. The minimum atomic E-state index is -3.24. The second-order valence-corrected chi connectivity index (χ2v) is 11.9. The van der Waals surface area contributed by atoms with Crippen LogP contribution in [0.4, 0.5) is 8.78 Å². The van der Waals surface area contributed by atoms with Crippen LogP contribution >= 0.6 is 7.14 Å². The highest BCUT2D eigenvalue weighted by molar-refractivity contribution is 7.85. The van der Waals surface area contributed by atoms with E-state index in [0.717, 1.165) is 0 Å². The average Bonchev–Trinajstić information content (AvgIpc) is 3.02. The molecule has 1 heterocycles. The highest BCUT2D eigenvalue weighted by atomic mass is 31.2. The van der Waals surface area contributed by atoms with Crippen LogP contribution in [0.25, 0.3) is 34.2 Å². The molecular formula is C33H22F2N3OP. The van der Waals surface area contributed by atoms with Gasteiger partial charge in [0, 0.05) is 32.6 Å². The van der Waals surface area contributed by atoms with E-state index in [9.17, 15) is 13.3 Å². The van der Waals surface area contributed by atoms with Crippen molar-refractivity contribution in [2.75, 3.05) is 0 Å². The molecule has 0 bridgehead atoms. The monoisotopic (exact) mass is 545 g/mol. The molecule has 0 aliphatic heterocycles. The molecule has 6 aromatic rings. The maximum atomic E-state index is 14.9.